The molecule has 70 heavy (non-hydrogen) atoms. The quantitative estimate of drug-likeness (QED) is 0.0617. The largest absolute Gasteiger partial charge is 0.396 e. The molecular formula is C64H129N3O3. The standard InChI is InChI=1S/C64H129N3O3/c1-5-9-13-17-21-31-39-47-58-66(59-48-40-32-22-18-14-10-6-2)63(69)53-43-35-27-25-29-37-45-55-65(57-51-52-62-68)56-46-38-30-26-28-36-44-54-64(70)67(60-49-41-33-23-19-15-11-7-3)61-50-42-34-24-20-16-12-8-4/h68H,5-62H2,1-4H3. The summed E-state index contributed by atoms with van der Waals surface area (Å²) >= 11 is 0. The van der Waals surface area contributed by atoms with E-state index in [9.17, 15) is 14.7 Å². The Bertz CT molecular complexity index is 910. The molecule has 0 aromatic heterocycles. The van der Waals surface area contributed by atoms with E-state index >= 15 is 0 Å². The van der Waals surface area contributed by atoms with Crippen LogP contribution < -0.4 is 0 Å². The lowest BCUT2D eigenvalue weighted by Crippen LogP contribution is -2.32. The van der Waals surface area contributed by atoms with Crippen molar-refractivity contribution in [2.45, 2.75) is 349 Å². The number of carbonyl (C=O) groups is 2. The molecular weight excluding hydrogens is 859 g/mol. The van der Waals surface area contributed by atoms with E-state index in [2.05, 4.69) is 42.4 Å². The van der Waals surface area contributed by atoms with E-state index in [0.29, 0.717) is 18.4 Å². The van der Waals surface area contributed by atoms with Crippen LogP contribution in [0.3, 0.4) is 0 Å². The third-order valence-corrected chi connectivity index (χ3v) is 15.4. The van der Waals surface area contributed by atoms with E-state index in [4.69, 9.17) is 0 Å². The smallest absolute Gasteiger partial charge is 0.222 e. The fraction of sp³-hybridized carbons (Fsp3) is 0.969. The van der Waals surface area contributed by atoms with Gasteiger partial charge in [-0.05, 0) is 83.8 Å². The van der Waals surface area contributed by atoms with E-state index in [1.54, 1.807) is 0 Å². The molecule has 6 heteroatoms. The van der Waals surface area contributed by atoms with E-state index in [0.717, 1.165) is 71.2 Å². The van der Waals surface area contributed by atoms with Gasteiger partial charge in [0.05, 0.1) is 0 Å². The molecule has 0 rings (SSSR count). The van der Waals surface area contributed by atoms with Crippen molar-refractivity contribution in [1.29, 1.82) is 0 Å². The number of amides is 2. The van der Waals surface area contributed by atoms with E-state index in [1.165, 1.54) is 296 Å². The average Bonchev–Trinajstić information content (AvgIpc) is 3.36. The minimum Gasteiger partial charge on any atom is -0.396 e. The molecule has 0 saturated heterocycles. The van der Waals surface area contributed by atoms with Gasteiger partial charge in [-0.15, -0.1) is 0 Å². The van der Waals surface area contributed by atoms with Crippen LogP contribution in [0, 0.1) is 0 Å². The van der Waals surface area contributed by atoms with Crippen molar-refractivity contribution in [1.82, 2.24) is 14.7 Å². The Morgan fingerprint density at radius 2 is 0.429 bits per heavy atom. The lowest BCUT2D eigenvalue weighted by Gasteiger charge is -2.23. The molecule has 418 valence electrons. The molecule has 0 aliphatic heterocycles. The maximum Gasteiger partial charge on any atom is 0.222 e. The fourth-order valence-corrected chi connectivity index (χ4v) is 10.6. The van der Waals surface area contributed by atoms with Crippen LogP contribution in [-0.2, 0) is 9.59 Å². The van der Waals surface area contributed by atoms with Crippen LogP contribution in [0.15, 0.2) is 0 Å². The molecule has 0 unspecified atom stereocenters. The zero-order valence-corrected chi connectivity index (χ0v) is 48.6. The van der Waals surface area contributed by atoms with Crippen molar-refractivity contribution in [3.63, 3.8) is 0 Å². The van der Waals surface area contributed by atoms with Gasteiger partial charge in [-0.1, -0.05) is 272 Å². The van der Waals surface area contributed by atoms with Crippen molar-refractivity contribution in [3.05, 3.63) is 0 Å². The zero-order chi connectivity index (χ0) is 50.9. The van der Waals surface area contributed by atoms with Crippen molar-refractivity contribution in [3.8, 4) is 0 Å². The van der Waals surface area contributed by atoms with Crippen LogP contribution in [0.2, 0.25) is 0 Å². The summed E-state index contributed by atoms with van der Waals surface area (Å²) in [6.07, 6.45) is 63.3. The Morgan fingerprint density at radius 3 is 0.657 bits per heavy atom. The normalized spacial score (nSPS) is 11.6. The first-order chi connectivity index (χ1) is 34.5. The third kappa shape index (κ3) is 50.4. The van der Waals surface area contributed by atoms with Gasteiger partial charge in [0.15, 0.2) is 0 Å². The van der Waals surface area contributed by atoms with Crippen molar-refractivity contribution >= 4 is 11.8 Å². The van der Waals surface area contributed by atoms with Gasteiger partial charge < -0.3 is 19.8 Å². The molecule has 0 spiro atoms. The van der Waals surface area contributed by atoms with Crippen LogP contribution in [-0.4, -0.2) is 84.0 Å². The predicted octanol–water partition coefficient (Wildman–Crippen LogP) is 19.5. The van der Waals surface area contributed by atoms with Gasteiger partial charge in [-0.25, -0.2) is 0 Å². The number of hydrogen-bond acceptors (Lipinski definition) is 4. The molecule has 0 atom stereocenters. The molecule has 1 N–H and O–H groups in total. The van der Waals surface area contributed by atoms with E-state index in [1.807, 2.05) is 0 Å². The number of rotatable bonds is 60. The van der Waals surface area contributed by atoms with Crippen molar-refractivity contribution < 1.29 is 14.7 Å². The summed E-state index contributed by atoms with van der Waals surface area (Å²) in [4.78, 5) is 33.9. The second-order valence-corrected chi connectivity index (χ2v) is 22.4. The summed E-state index contributed by atoms with van der Waals surface area (Å²) < 4.78 is 0. The van der Waals surface area contributed by atoms with Crippen molar-refractivity contribution in [2.75, 3.05) is 52.4 Å². The lowest BCUT2D eigenvalue weighted by atomic mass is 10.1. The Labute approximate surface area is 440 Å². The fourth-order valence-electron chi connectivity index (χ4n) is 10.6. The van der Waals surface area contributed by atoms with Crippen LogP contribution in [0.5, 0.6) is 0 Å². The first-order valence-electron chi connectivity index (χ1n) is 32.4. The summed E-state index contributed by atoms with van der Waals surface area (Å²) in [6.45, 7) is 16.9. The molecule has 6 nitrogen and oxygen atoms in total. The first kappa shape index (κ1) is 68.9. The van der Waals surface area contributed by atoms with Crippen LogP contribution in [0.4, 0.5) is 0 Å². The van der Waals surface area contributed by atoms with Gasteiger partial charge in [0, 0.05) is 45.6 Å². The van der Waals surface area contributed by atoms with Gasteiger partial charge in [0.1, 0.15) is 0 Å². The van der Waals surface area contributed by atoms with Gasteiger partial charge in [-0.3, -0.25) is 9.59 Å². The molecule has 0 saturated carbocycles. The number of nitrogens with zero attached hydrogens (tertiary/aromatic N) is 3. The summed E-state index contributed by atoms with van der Waals surface area (Å²) in [7, 11) is 0. The summed E-state index contributed by atoms with van der Waals surface area (Å²) in [6, 6.07) is 0. The van der Waals surface area contributed by atoms with Gasteiger partial charge >= 0.3 is 0 Å². The van der Waals surface area contributed by atoms with Gasteiger partial charge in [-0.2, -0.15) is 0 Å². The molecule has 0 heterocycles. The minimum absolute atomic E-state index is 0.304. The highest BCUT2D eigenvalue weighted by molar-refractivity contribution is 5.76. The second kappa shape index (κ2) is 58.7. The predicted molar refractivity (Wildman–Crippen MR) is 310 cm³/mol. The number of hydrogen-bond donors (Lipinski definition) is 1. The molecule has 0 fully saturated rings. The number of unbranched alkanes of at least 4 members (excludes halogenated alkanes) is 41. The second-order valence-electron chi connectivity index (χ2n) is 22.4. The monoisotopic (exact) mass is 988 g/mol. The minimum atomic E-state index is 0.304. The van der Waals surface area contributed by atoms with Gasteiger partial charge in [0.25, 0.3) is 0 Å². The molecule has 0 aliphatic rings. The average molecular weight is 989 g/mol. The summed E-state index contributed by atoms with van der Waals surface area (Å²) in [5.74, 6) is 0.844. The molecule has 0 radical (unpaired) electrons. The highest BCUT2D eigenvalue weighted by Gasteiger charge is 2.14. The number of carbonyl (C=O) groups excluding carboxylic acids is 2. The third-order valence-electron chi connectivity index (χ3n) is 15.4. The van der Waals surface area contributed by atoms with Crippen LogP contribution in [0.25, 0.3) is 0 Å². The molecule has 0 aliphatic carbocycles. The SMILES string of the molecule is CCCCCCCCCCN(CCCCCCCCCC)C(=O)CCCCCCCCCN(CCCCO)CCCCCCCCCC(=O)N(CCCCCCCCCC)CCCCCCCCCC. The summed E-state index contributed by atoms with van der Waals surface area (Å²) in [5.41, 5.74) is 0. The van der Waals surface area contributed by atoms with E-state index in [-0.39, 0.29) is 0 Å². The first-order valence-corrected chi connectivity index (χ1v) is 32.4. The Balaban J connectivity index is 4.38. The molecule has 0 aromatic carbocycles. The van der Waals surface area contributed by atoms with Crippen molar-refractivity contribution in [2.24, 2.45) is 0 Å². The number of aliphatic hydroxyl groups is 1. The Morgan fingerprint density at radius 1 is 0.243 bits per heavy atom. The van der Waals surface area contributed by atoms with Crippen LogP contribution in [0.1, 0.15) is 349 Å². The highest BCUT2D eigenvalue weighted by atomic mass is 16.3. The molecule has 0 bridgehead atoms. The molecule has 0 aromatic rings. The lowest BCUT2D eigenvalue weighted by molar-refractivity contribution is -0.132. The maximum atomic E-state index is 13.4. The maximum absolute atomic E-state index is 13.4. The highest BCUT2D eigenvalue weighted by Crippen LogP contribution is 2.17. The van der Waals surface area contributed by atoms with Crippen LogP contribution >= 0.6 is 0 Å². The van der Waals surface area contributed by atoms with E-state index < -0.39 is 0 Å². The Hall–Kier alpha value is -1.14. The number of aliphatic hydroxyl groups excluding tert-OH is 1. The Kier molecular flexibility index (Phi) is 57.8. The molecule has 2 amide bonds. The summed E-state index contributed by atoms with van der Waals surface area (Å²) in [5, 5.41) is 9.42. The topological polar surface area (TPSA) is 64.1 Å². The zero-order valence-electron chi connectivity index (χ0n) is 48.6. The van der Waals surface area contributed by atoms with Gasteiger partial charge in [0.2, 0.25) is 11.8 Å².